The summed E-state index contributed by atoms with van der Waals surface area (Å²) in [6, 6.07) is 3.31. The number of hydrogen-bond acceptors (Lipinski definition) is 4. The highest BCUT2D eigenvalue weighted by atomic mass is 16.5. The van der Waals surface area contributed by atoms with Crippen LogP contribution in [0.5, 0.6) is 17.2 Å². The monoisotopic (exact) mass is 224 g/mol. The van der Waals surface area contributed by atoms with Gasteiger partial charge in [-0.05, 0) is 13.8 Å². The molecule has 0 amide bonds. The molecule has 1 aliphatic rings. The molecular formula is C12H16O4. The third-order valence-electron chi connectivity index (χ3n) is 2.40. The predicted molar refractivity (Wildman–Crippen MR) is 59.1 cm³/mol. The lowest BCUT2D eigenvalue weighted by atomic mass is 10.0. The van der Waals surface area contributed by atoms with Gasteiger partial charge in [-0.3, -0.25) is 0 Å². The summed E-state index contributed by atoms with van der Waals surface area (Å²) in [6.45, 7) is 4.10. The zero-order valence-electron chi connectivity index (χ0n) is 9.43. The summed E-state index contributed by atoms with van der Waals surface area (Å²) >= 11 is 0. The van der Waals surface area contributed by atoms with Crippen LogP contribution in [0.1, 0.15) is 19.4 Å². The summed E-state index contributed by atoms with van der Waals surface area (Å²) in [5.41, 5.74) is 0.648. The molecule has 0 aromatic heterocycles. The number of aliphatic hydroxyl groups is 1. The zero-order valence-corrected chi connectivity index (χ0v) is 9.43. The van der Waals surface area contributed by atoms with Crippen LogP contribution < -0.4 is 9.47 Å². The van der Waals surface area contributed by atoms with Crippen molar-refractivity contribution in [1.29, 1.82) is 0 Å². The largest absolute Gasteiger partial charge is 0.507 e. The van der Waals surface area contributed by atoms with Crippen molar-refractivity contribution in [3.63, 3.8) is 0 Å². The van der Waals surface area contributed by atoms with Crippen LogP contribution in [0.3, 0.4) is 0 Å². The number of benzene rings is 1. The SMILES string of the molecule is CC(C)Oc1cc(O)c2c(c1)OCC(O)C2. The van der Waals surface area contributed by atoms with E-state index in [1.165, 1.54) is 0 Å². The second-order valence-corrected chi connectivity index (χ2v) is 4.25. The van der Waals surface area contributed by atoms with E-state index in [0.29, 0.717) is 23.5 Å². The number of fused-ring (bicyclic) bond motifs is 1. The Morgan fingerprint density at radius 1 is 1.44 bits per heavy atom. The van der Waals surface area contributed by atoms with E-state index in [2.05, 4.69) is 0 Å². The maximum Gasteiger partial charge on any atom is 0.130 e. The summed E-state index contributed by atoms with van der Waals surface area (Å²) in [4.78, 5) is 0. The number of aromatic hydroxyl groups is 1. The van der Waals surface area contributed by atoms with Gasteiger partial charge in [0.05, 0.1) is 12.2 Å². The lowest BCUT2D eigenvalue weighted by molar-refractivity contribution is 0.0903. The average molecular weight is 224 g/mol. The van der Waals surface area contributed by atoms with E-state index in [-0.39, 0.29) is 18.5 Å². The fraction of sp³-hybridized carbons (Fsp3) is 0.500. The van der Waals surface area contributed by atoms with Crippen LogP contribution in [0.15, 0.2) is 12.1 Å². The van der Waals surface area contributed by atoms with Gasteiger partial charge in [-0.2, -0.15) is 0 Å². The highest BCUT2D eigenvalue weighted by Gasteiger charge is 2.22. The van der Waals surface area contributed by atoms with Crippen molar-refractivity contribution in [3.05, 3.63) is 17.7 Å². The van der Waals surface area contributed by atoms with Crippen LogP contribution in [0.25, 0.3) is 0 Å². The average Bonchev–Trinajstić information content (AvgIpc) is 2.18. The fourth-order valence-corrected chi connectivity index (χ4v) is 1.76. The zero-order chi connectivity index (χ0) is 11.7. The van der Waals surface area contributed by atoms with Crippen molar-refractivity contribution in [2.24, 2.45) is 0 Å². The van der Waals surface area contributed by atoms with Gasteiger partial charge in [-0.25, -0.2) is 0 Å². The summed E-state index contributed by atoms with van der Waals surface area (Å²) in [5.74, 6) is 1.30. The molecule has 0 fully saturated rings. The van der Waals surface area contributed by atoms with Crippen LogP contribution in [0.2, 0.25) is 0 Å². The first-order valence-electron chi connectivity index (χ1n) is 5.39. The molecule has 0 radical (unpaired) electrons. The Morgan fingerprint density at radius 3 is 2.88 bits per heavy atom. The number of phenols is 1. The topological polar surface area (TPSA) is 58.9 Å². The molecule has 0 saturated heterocycles. The molecule has 1 aromatic carbocycles. The Morgan fingerprint density at radius 2 is 2.19 bits per heavy atom. The Labute approximate surface area is 94.4 Å². The van der Waals surface area contributed by atoms with E-state index >= 15 is 0 Å². The van der Waals surface area contributed by atoms with Crippen molar-refractivity contribution >= 4 is 0 Å². The normalized spacial score (nSPS) is 19.1. The molecule has 0 aliphatic carbocycles. The second-order valence-electron chi connectivity index (χ2n) is 4.25. The van der Waals surface area contributed by atoms with Crippen LogP contribution in [-0.2, 0) is 6.42 Å². The highest BCUT2D eigenvalue weighted by molar-refractivity contribution is 5.51. The number of ether oxygens (including phenoxy) is 2. The quantitative estimate of drug-likeness (QED) is 0.798. The van der Waals surface area contributed by atoms with E-state index in [0.717, 1.165) is 0 Å². The fourth-order valence-electron chi connectivity index (χ4n) is 1.76. The smallest absolute Gasteiger partial charge is 0.130 e. The Bertz CT molecular complexity index is 387. The van der Waals surface area contributed by atoms with Crippen molar-refractivity contribution < 1.29 is 19.7 Å². The van der Waals surface area contributed by atoms with Crippen LogP contribution >= 0.6 is 0 Å². The summed E-state index contributed by atoms with van der Waals surface area (Å²) in [7, 11) is 0. The number of hydrogen-bond donors (Lipinski definition) is 2. The molecular weight excluding hydrogens is 208 g/mol. The van der Waals surface area contributed by atoms with E-state index in [1.807, 2.05) is 13.8 Å². The van der Waals surface area contributed by atoms with Crippen molar-refractivity contribution in [2.45, 2.75) is 32.5 Å². The number of phenolic OH excluding ortho intramolecular Hbond substituents is 1. The van der Waals surface area contributed by atoms with Gasteiger partial charge in [-0.1, -0.05) is 0 Å². The maximum atomic E-state index is 9.80. The lowest BCUT2D eigenvalue weighted by Gasteiger charge is -2.23. The van der Waals surface area contributed by atoms with Gasteiger partial charge >= 0.3 is 0 Å². The number of aliphatic hydroxyl groups excluding tert-OH is 1. The van der Waals surface area contributed by atoms with E-state index in [1.54, 1.807) is 12.1 Å². The molecule has 88 valence electrons. The first-order valence-corrected chi connectivity index (χ1v) is 5.39. The first kappa shape index (κ1) is 11.1. The predicted octanol–water partition coefficient (Wildman–Crippen LogP) is 1.48. The summed E-state index contributed by atoms with van der Waals surface area (Å²) < 4.78 is 10.8. The molecule has 0 bridgehead atoms. The van der Waals surface area contributed by atoms with Gasteiger partial charge in [0.25, 0.3) is 0 Å². The van der Waals surface area contributed by atoms with Gasteiger partial charge in [0.1, 0.15) is 23.9 Å². The summed E-state index contributed by atoms with van der Waals surface area (Å²) in [6.07, 6.45) is -0.0785. The third-order valence-corrected chi connectivity index (χ3v) is 2.40. The van der Waals surface area contributed by atoms with Crippen LogP contribution in [0.4, 0.5) is 0 Å². The minimum absolute atomic E-state index is 0.0478. The molecule has 1 heterocycles. The van der Waals surface area contributed by atoms with E-state index in [9.17, 15) is 10.2 Å². The Hall–Kier alpha value is -1.42. The highest BCUT2D eigenvalue weighted by Crippen LogP contribution is 2.36. The Balaban J connectivity index is 2.31. The van der Waals surface area contributed by atoms with Gasteiger partial charge in [-0.15, -0.1) is 0 Å². The van der Waals surface area contributed by atoms with Gasteiger partial charge in [0.2, 0.25) is 0 Å². The molecule has 0 spiro atoms. The third kappa shape index (κ3) is 2.22. The van der Waals surface area contributed by atoms with Crippen LogP contribution in [-0.4, -0.2) is 29.0 Å². The molecule has 0 saturated carbocycles. The molecule has 1 unspecified atom stereocenters. The van der Waals surface area contributed by atoms with Gasteiger partial charge < -0.3 is 19.7 Å². The van der Waals surface area contributed by atoms with Gasteiger partial charge in [0.15, 0.2) is 0 Å². The number of rotatable bonds is 2. The molecule has 1 atom stereocenters. The molecule has 1 aliphatic heterocycles. The molecule has 2 N–H and O–H groups in total. The Kier molecular flexibility index (Phi) is 2.92. The standard InChI is InChI=1S/C12H16O4/c1-7(2)16-9-4-11(14)10-3-8(13)6-15-12(10)5-9/h4-5,7-8,13-14H,3,6H2,1-2H3. The van der Waals surface area contributed by atoms with Crippen molar-refractivity contribution in [2.75, 3.05) is 6.61 Å². The van der Waals surface area contributed by atoms with Gasteiger partial charge in [0, 0.05) is 24.1 Å². The molecule has 4 heteroatoms. The molecule has 16 heavy (non-hydrogen) atoms. The first-order chi connectivity index (χ1) is 7.56. The summed E-state index contributed by atoms with van der Waals surface area (Å²) in [5, 5.41) is 19.2. The van der Waals surface area contributed by atoms with E-state index in [4.69, 9.17) is 9.47 Å². The minimum atomic E-state index is -0.546. The molecule has 4 nitrogen and oxygen atoms in total. The van der Waals surface area contributed by atoms with E-state index < -0.39 is 6.10 Å². The minimum Gasteiger partial charge on any atom is -0.507 e. The van der Waals surface area contributed by atoms with Crippen molar-refractivity contribution in [1.82, 2.24) is 0 Å². The molecule has 1 aromatic rings. The van der Waals surface area contributed by atoms with Crippen LogP contribution in [0, 0.1) is 0 Å². The lowest BCUT2D eigenvalue weighted by Crippen LogP contribution is -2.25. The maximum absolute atomic E-state index is 9.80. The van der Waals surface area contributed by atoms with Crippen molar-refractivity contribution in [3.8, 4) is 17.2 Å². The molecule has 2 rings (SSSR count). The second kappa shape index (κ2) is 4.22.